The van der Waals surface area contributed by atoms with Gasteiger partial charge in [0.15, 0.2) is 0 Å². The molecule has 0 heterocycles. The van der Waals surface area contributed by atoms with Crippen LogP contribution in [0.4, 0.5) is 0 Å². The molecule has 14 heavy (non-hydrogen) atoms. The molecule has 0 bridgehead atoms. The molecule has 0 aromatic carbocycles. The van der Waals surface area contributed by atoms with E-state index in [9.17, 15) is 4.79 Å². The van der Waals surface area contributed by atoms with Crippen molar-refractivity contribution in [2.24, 2.45) is 0 Å². The van der Waals surface area contributed by atoms with Gasteiger partial charge in [0.05, 0.1) is 8.07 Å². The summed E-state index contributed by atoms with van der Waals surface area (Å²) in [5, 5.41) is 1.18. The van der Waals surface area contributed by atoms with Gasteiger partial charge < -0.3 is 4.74 Å². The second-order valence-electron chi connectivity index (χ2n) is 3.72. The summed E-state index contributed by atoms with van der Waals surface area (Å²) in [6.45, 7) is 12.6. The largest absolute Gasteiger partial charge is 0.462 e. The van der Waals surface area contributed by atoms with E-state index in [0.717, 1.165) is 0 Å². The van der Waals surface area contributed by atoms with Crippen molar-refractivity contribution < 1.29 is 9.53 Å². The molecule has 0 radical (unpaired) electrons. The zero-order chi connectivity index (χ0) is 11.2. The molecule has 0 aromatic rings. The number of hydrogen-bond acceptors (Lipinski definition) is 2. The zero-order valence-corrected chi connectivity index (χ0v) is 10.9. The maximum atomic E-state index is 10.7. The predicted octanol–water partition coefficient (Wildman–Crippen LogP) is 3.15. The smallest absolute Gasteiger partial charge is 0.302 e. The molecule has 0 saturated heterocycles. The van der Waals surface area contributed by atoms with E-state index in [2.05, 4.69) is 27.4 Å². The fourth-order valence-corrected chi connectivity index (χ4v) is 5.22. The van der Waals surface area contributed by atoms with Crippen molar-refractivity contribution in [1.29, 1.82) is 0 Å². The predicted molar refractivity (Wildman–Crippen MR) is 63.0 cm³/mol. The maximum absolute atomic E-state index is 10.7. The highest BCUT2D eigenvalue weighted by Crippen LogP contribution is 2.27. The number of esters is 1. The van der Waals surface area contributed by atoms with E-state index in [-0.39, 0.29) is 5.97 Å². The Morgan fingerprint density at radius 3 is 1.93 bits per heavy atom. The van der Waals surface area contributed by atoms with Crippen molar-refractivity contribution in [2.75, 3.05) is 6.61 Å². The molecule has 2 nitrogen and oxygen atoms in total. The van der Waals surface area contributed by atoms with Crippen LogP contribution >= 0.6 is 0 Å². The van der Waals surface area contributed by atoms with E-state index in [0.29, 0.717) is 6.61 Å². The topological polar surface area (TPSA) is 26.3 Å². The second kappa shape index (κ2) is 6.01. The highest BCUT2D eigenvalue weighted by molar-refractivity contribution is 6.86. The third-order valence-electron chi connectivity index (χ3n) is 3.23. The Hall–Kier alpha value is -0.573. The molecule has 0 rings (SSSR count). The summed E-state index contributed by atoms with van der Waals surface area (Å²) < 4.78 is 5.01. The van der Waals surface area contributed by atoms with Crippen molar-refractivity contribution in [2.45, 2.75) is 45.8 Å². The summed E-state index contributed by atoms with van der Waals surface area (Å²) in [4.78, 5) is 10.7. The van der Waals surface area contributed by atoms with Crippen LogP contribution in [0, 0.1) is 0 Å². The van der Waals surface area contributed by atoms with Gasteiger partial charge in [0.2, 0.25) is 0 Å². The van der Waals surface area contributed by atoms with Gasteiger partial charge in [-0.15, -0.1) is 6.58 Å². The average Bonchev–Trinajstić information content (AvgIpc) is 2.18. The molecule has 0 atom stereocenters. The van der Waals surface area contributed by atoms with Gasteiger partial charge in [-0.1, -0.05) is 44.1 Å². The van der Waals surface area contributed by atoms with Crippen molar-refractivity contribution in [3.8, 4) is 0 Å². The highest BCUT2D eigenvalue weighted by Gasteiger charge is 2.30. The van der Waals surface area contributed by atoms with Crippen LogP contribution in [0.25, 0.3) is 0 Å². The molecule has 82 valence electrons. The Morgan fingerprint density at radius 2 is 1.64 bits per heavy atom. The lowest BCUT2D eigenvalue weighted by Crippen LogP contribution is -2.36. The summed E-state index contributed by atoms with van der Waals surface area (Å²) >= 11 is 0. The van der Waals surface area contributed by atoms with E-state index in [1.54, 1.807) is 0 Å². The van der Waals surface area contributed by atoms with E-state index in [1.165, 1.54) is 30.3 Å². The van der Waals surface area contributed by atoms with Gasteiger partial charge in [0.25, 0.3) is 0 Å². The molecule has 0 spiro atoms. The van der Waals surface area contributed by atoms with Crippen molar-refractivity contribution in [1.82, 2.24) is 0 Å². The Labute approximate surface area is 88.4 Å². The number of rotatable bonds is 6. The molecular weight excluding hydrogens is 192 g/mol. The lowest BCUT2D eigenvalue weighted by atomic mass is 10.6. The Kier molecular flexibility index (Phi) is 5.77. The summed E-state index contributed by atoms with van der Waals surface area (Å²) in [5.74, 6) is -0.211. The molecule has 0 aliphatic heterocycles. The number of carbonyl (C=O) groups is 1. The lowest BCUT2D eigenvalue weighted by molar-refractivity contribution is -0.139. The van der Waals surface area contributed by atoms with Gasteiger partial charge in [-0.2, -0.15) is 0 Å². The minimum absolute atomic E-state index is 0.211. The van der Waals surface area contributed by atoms with Crippen LogP contribution < -0.4 is 0 Å². The first-order valence-electron chi connectivity index (χ1n) is 5.34. The van der Waals surface area contributed by atoms with Gasteiger partial charge in [-0.05, 0) is 0 Å². The summed E-state index contributed by atoms with van der Waals surface area (Å²) in [6.07, 6.45) is 0. The van der Waals surface area contributed by atoms with Crippen LogP contribution in [0.1, 0.15) is 27.7 Å². The first-order chi connectivity index (χ1) is 6.52. The minimum atomic E-state index is -1.36. The van der Waals surface area contributed by atoms with Crippen molar-refractivity contribution in [3.05, 3.63) is 11.8 Å². The molecule has 0 aromatic heterocycles. The molecular formula is C11H22O2Si. The molecule has 0 aliphatic rings. The van der Waals surface area contributed by atoms with E-state index in [4.69, 9.17) is 4.74 Å². The fraction of sp³-hybridized carbons (Fsp3) is 0.727. The Morgan fingerprint density at radius 1 is 1.21 bits per heavy atom. The van der Waals surface area contributed by atoms with Gasteiger partial charge >= 0.3 is 5.97 Å². The van der Waals surface area contributed by atoms with Crippen LogP contribution in [0.15, 0.2) is 11.8 Å². The maximum Gasteiger partial charge on any atom is 0.302 e. The second-order valence-corrected chi connectivity index (χ2v) is 9.11. The first kappa shape index (κ1) is 13.4. The molecule has 3 heteroatoms. The Balaban J connectivity index is 4.36. The molecule has 0 aliphatic carbocycles. The zero-order valence-electron chi connectivity index (χ0n) is 9.85. The van der Waals surface area contributed by atoms with Crippen LogP contribution in [0.2, 0.25) is 18.1 Å². The van der Waals surface area contributed by atoms with Crippen LogP contribution in [0.3, 0.4) is 0 Å². The third kappa shape index (κ3) is 3.29. The van der Waals surface area contributed by atoms with E-state index < -0.39 is 8.07 Å². The summed E-state index contributed by atoms with van der Waals surface area (Å²) in [5.41, 5.74) is 0. The van der Waals surface area contributed by atoms with Crippen LogP contribution in [-0.2, 0) is 9.53 Å². The standard InChI is InChI=1S/C11H22O2Si/c1-6-14(7-2,8-3)10(4)9-13-11(5)12/h4,6-9H2,1-3,5H3. The third-order valence-corrected chi connectivity index (χ3v) is 8.93. The molecule has 0 unspecified atom stereocenters. The summed E-state index contributed by atoms with van der Waals surface area (Å²) in [7, 11) is -1.36. The quantitative estimate of drug-likeness (QED) is 0.501. The van der Waals surface area contributed by atoms with Crippen LogP contribution in [-0.4, -0.2) is 20.7 Å². The van der Waals surface area contributed by atoms with Gasteiger partial charge in [-0.25, -0.2) is 0 Å². The lowest BCUT2D eigenvalue weighted by Gasteiger charge is -2.30. The van der Waals surface area contributed by atoms with Crippen molar-refractivity contribution >= 4 is 14.0 Å². The number of hydrogen-bond donors (Lipinski definition) is 0. The van der Waals surface area contributed by atoms with E-state index >= 15 is 0 Å². The number of carbonyl (C=O) groups excluding carboxylic acids is 1. The normalized spacial score (nSPS) is 11.1. The highest BCUT2D eigenvalue weighted by atomic mass is 28.3. The van der Waals surface area contributed by atoms with E-state index in [1.807, 2.05) is 0 Å². The minimum Gasteiger partial charge on any atom is -0.462 e. The monoisotopic (exact) mass is 214 g/mol. The SMILES string of the molecule is C=C(COC(C)=O)[Si](CC)(CC)CC. The molecule has 0 saturated carbocycles. The molecule has 0 fully saturated rings. The van der Waals surface area contributed by atoms with Gasteiger partial charge in [0, 0.05) is 6.92 Å². The average molecular weight is 214 g/mol. The first-order valence-corrected chi connectivity index (χ1v) is 7.96. The van der Waals surface area contributed by atoms with Gasteiger partial charge in [0.1, 0.15) is 6.61 Å². The fourth-order valence-electron chi connectivity index (χ4n) is 1.84. The molecule has 0 N–H and O–H groups in total. The van der Waals surface area contributed by atoms with Crippen LogP contribution in [0.5, 0.6) is 0 Å². The van der Waals surface area contributed by atoms with Crippen molar-refractivity contribution in [3.63, 3.8) is 0 Å². The molecule has 0 amide bonds. The Bertz CT molecular complexity index is 199. The number of ether oxygens (including phenoxy) is 1. The van der Waals surface area contributed by atoms with Gasteiger partial charge in [-0.3, -0.25) is 4.79 Å². The summed E-state index contributed by atoms with van der Waals surface area (Å²) in [6, 6.07) is 3.58.